The number of unbranched alkanes of at least 4 members (excludes halogenated alkanes) is 1. The minimum absolute atomic E-state index is 0.110. The average Bonchev–Trinajstić information content (AvgIpc) is 2.43. The van der Waals surface area contributed by atoms with Crippen LogP contribution in [-0.4, -0.2) is 33.9 Å². The second-order valence-electron chi connectivity index (χ2n) is 5.10. The maximum absolute atomic E-state index is 12.0. The summed E-state index contributed by atoms with van der Waals surface area (Å²) in [5.41, 5.74) is 0.546. The van der Waals surface area contributed by atoms with Crippen LogP contribution >= 0.6 is 0 Å². The van der Waals surface area contributed by atoms with E-state index in [2.05, 4.69) is 10.0 Å². The lowest BCUT2D eigenvalue weighted by Gasteiger charge is -2.14. The second-order valence-corrected chi connectivity index (χ2v) is 6.94. The molecule has 0 bridgehead atoms. The number of hydrogen-bond donors (Lipinski definition) is 2. The summed E-state index contributed by atoms with van der Waals surface area (Å²) in [6, 6.07) is 7.07. The highest BCUT2D eigenvalue weighted by atomic mass is 32.2. The molecular formula is C15H26N2O3S. The molecule has 0 heterocycles. The second kappa shape index (κ2) is 8.89. The number of rotatable bonds is 10. The van der Waals surface area contributed by atoms with Gasteiger partial charge in [-0.05, 0) is 51.9 Å². The summed E-state index contributed by atoms with van der Waals surface area (Å²) in [5, 5.41) is 3.00. The number of ether oxygens (including phenoxy) is 1. The Morgan fingerprint density at radius 3 is 2.71 bits per heavy atom. The summed E-state index contributed by atoms with van der Waals surface area (Å²) in [5.74, 6) is 0.810. The van der Waals surface area contributed by atoms with Crippen LogP contribution in [0, 0.1) is 0 Å². The Morgan fingerprint density at radius 2 is 2.05 bits per heavy atom. The lowest BCUT2D eigenvalue weighted by atomic mass is 10.3. The van der Waals surface area contributed by atoms with Gasteiger partial charge in [-0.3, -0.25) is 4.72 Å². The highest BCUT2D eigenvalue weighted by Crippen LogP contribution is 2.20. The third-order valence-corrected chi connectivity index (χ3v) is 4.48. The Kier molecular flexibility index (Phi) is 7.53. The summed E-state index contributed by atoms with van der Waals surface area (Å²) < 4.78 is 32.2. The molecule has 21 heavy (non-hydrogen) atoms. The summed E-state index contributed by atoms with van der Waals surface area (Å²) in [6.45, 7) is 4.86. The van der Waals surface area contributed by atoms with E-state index in [4.69, 9.17) is 4.74 Å². The van der Waals surface area contributed by atoms with Crippen molar-refractivity contribution in [2.24, 2.45) is 0 Å². The van der Waals surface area contributed by atoms with Crippen molar-refractivity contribution in [3.63, 3.8) is 0 Å². The predicted molar refractivity (Wildman–Crippen MR) is 87.4 cm³/mol. The maximum atomic E-state index is 12.0. The van der Waals surface area contributed by atoms with E-state index < -0.39 is 10.0 Å². The molecule has 0 spiro atoms. The van der Waals surface area contributed by atoms with E-state index >= 15 is 0 Å². The molecule has 0 saturated heterocycles. The minimum atomic E-state index is -3.30. The Balaban J connectivity index is 2.59. The van der Waals surface area contributed by atoms with Crippen molar-refractivity contribution in [2.75, 3.05) is 24.1 Å². The van der Waals surface area contributed by atoms with Gasteiger partial charge in [-0.1, -0.05) is 13.0 Å². The number of benzene rings is 1. The summed E-state index contributed by atoms with van der Waals surface area (Å²) >= 11 is 0. The molecule has 1 rings (SSSR count). The molecule has 0 fully saturated rings. The summed E-state index contributed by atoms with van der Waals surface area (Å²) in [7, 11) is -1.44. The van der Waals surface area contributed by atoms with Gasteiger partial charge in [0.2, 0.25) is 10.0 Å². The van der Waals surface area contributed by atoms with Gasteiger partial charge in [-0.15, -0.1) is 0 Å². The molecule has 1 aromatic carbocycles. The molecular weight excluding hydrogens is 288 g/mol. The first kappa shape index (κ1) is 17.8. The fraction of sp³-hybridized carbons (Fsp3) is 0.600. The molecule has 1 atom stereocenters. The fourth-order valence-corrected chi connectivity index (χ4v) is 2.95. The first-order valence-electron chi connectivity index (χ1n) is 7.38. The highest BCUT2D eigenvalue weighted by Gasteiger charge is 2.11. The number of hydrogen-bond acceptors (Lipinski definition) is 4. The van der Waals surface area contributed by atoms with Crippen LogP contribution < -0.4 is 14.8 Å². The van der Waals surface area contributed by atoms with Crippen molar-refractivity contribution < 1.29 is 13.2 Å². The van der Waals surface area contributed by atoms with Crippen LogP contribution in [0.5, 0.6) is 5.75 Å². The zero-order chi connectivity index (χ0) is 15.7. The molecule has 0 amide bonds. The van der Waals surface area contributed by atoms with E-state index in [1.165, 1.54) is 0 Å². The molecule has 5 nitrogen and oxygen atoms in total. The average molecular weight is 314 g/mol. The standard InChI is InChI=1S/C15H26N2O3S/c1-4-13(2)20-15-9-7-8-14(12-15)17-21(18,19)11-6-5-10-16-3/h7-9,12-13,16-17H,4-6,10-11H2,1-3H3. The first-order valence-corrected chi connectivity index (χ1v) is 9.04. The molecule has 0 aliphatic heterocycles. The van der Waals surface area contributed by atoms with E-state index in [9.17, 15) is 8.42 Å². The van der Waals surface area contributed by atoms with Gasteiger partial charge in [-0.2, -0.15) is 0 Å². The number of sulfonamides is 1. The van der Waals surface area contributed by atoms with Gasteiger partial charge in [0.05, 0.1) is 17.5 Å². The van der Waals surface area contributed by atoms with E-state index in [-0.39, 0.29) is 11.9 Å². The SMILES string of the molecule is CCC(C)Oc1cccc(NS(=O)(=O)CCCCNC)c1. The Morgan fingerprint density at radius 1 is 1.29 bits per heavy atom. The van der Waals surface area contributed by atoms with Crippen molar-refractivity contribution in [3.8, 4) is 5.75 Å². The third kappa shape index (κ3) is 7.34. The van der Waals surface area contributed by atoms with Crippen LogP contribution in [-0.2, 0) is 10.0 Å². The van der Waals surface area contributed by atoms with Gasteiger partial charge >= 0.3 is 0 Å². The lowest BCUT2D eigenvalue weighted by molar-refractivity contribution is 0.217. The number of nitrogens with one attached hydrogen (secondary N) is 2. The van der Waals surface area contributed by atoms with Crippen molar-refractivity contribution in [1.29, 1.82) is 0 Å². The van der Waals surface area contributed by atoms with Gasteiger partial charge in [-0.25, -0.2) is 8.42 Å². The predicted octanol–water partition coefficient (Wildman–Crippen LogP) is 2.61. The number of anilines is 1. The van der Waals surface area contributed by atoms with Gasteiger partial charge < -0.3 is 10.1 Å². The summed E-state index contributed by atoms with van der Waals surface area (Å²) in [4.78, 5) is 0. The maximum Gasteiger partial charge on any atom is 0.232 e. The van der Waals surface area contributed by atoms with Crippen LogP contribution in [0.1, 0.15) is 33.1 Å². The van der Waals surface area contributed by atoms with Crippen LogP contribution in [0.15, 0.2) is 24.3 Å². The van der Waals surface area contributed by atoms with E-state index in [1.54, 1.807) is 18.2 Å². The topological polar surface area (TPSA) is 67.4 Å². The first-order chi connectivity index (χ1) is 9.96. The van der Waals surface area contributed by atoms with E-state index in [0.29, 0.717) is 17.9 Å². The van der Waals surface area contributed by atoms with Crippen molar-refractivity contribution >= 4 is 15.7 Å². The van der Waals surface area contributed by atoms with Gasteiger partial charge in [0.25, 0.3) is 0 Å². The molecule has 0 aliphatic rings. The molecule has 0 aliphatic carbocycles. The van der Waals surface area contributed by atoms with Crippen molar-refractivity contribution in [2.45, 2.75) is 39.2 Å². The smallest absolute Gasteiger partial charge is 0.232 e. The van der Waals surface area contributed by atoms with Gasteiger partial charge in [0, 0.05) is 6.07 Å². The minimum Gasteiger partial charge on any atom is -0.491 e. The zero-order valence-corrected chi connectivity index (χ0v) is 13.9. The molecule has 120 valence electrons. The molecule has 1 aromatic rings. The van der Waals surface area contributed by atoms with Crippen LogP contribution in [0.2, 0.25) is 0 Å². The molecule has 2 N–H and O–H groups in total. The highest BCUT2D eigenvalue weighted by molar-refractivity contribution is 7.92. The Labute approximate surface area is 128 Å². The molecule has 0 radical (unpaired) electrons. The molecule has 1 unspecified atom stereocenters. The van der Waals surface area contributed by atoms with Crippen LogP contribution in [0.3, 0.4) is 0 Å². The monoisotopic (exact) mass is 314 g/mol. The third-order valence-electron chi connectivity index (χ3n) is 3.11. The Bertz CT molecular complexity index is 517. The largest absolute Gasteiger partial charge is 0.491 e. The van der Waals surface area contributed by atoms with Crippen molar-refractivity contribution in [3.05, 3.63) is 24.3 Å². The van der Waals surface area contributed by atoms with E-state index in [0.717, 1.165) is 19.4 Å². The fourth-order valence-electron chi connectivity index (χ4n) is 1.77. The van der Waals surface area contributed by atoms with Crippen LogP contribution in [0.25, 0.3) is 0 Å². The quantitative estimate of drug-likeness (QED) is 0.651. The molecule has 6 heteroatoms. The Hall–Kier alpha value is -1.27. The summed E-state index contributed by atoms with van der Waals surface area (Å²) in [6.07, 6.45) is 2.49. The van der Waals surface area contributed by atoms with Gasteiger partial charge in [0.15, 0.2) is 0 Å². The van der Waals surface area contributed by atoms with Crippen LogP contribution in [0.4, 0.5) is 5.69 Å². The van der Waals surface area contributed by atoms with Crippen molar-refractivity contribution in [1.82, 2.24) is 5.32 Å². The lowest BCUT2D eigenvalue weighted by Crippen LogP contribution is -2.18. The van der Waals surface area contributed by atoms with E-state index in [1.807, 2.05) is 27.0 Å². The normalized spacial score (nSPS) is 12.9. The molecule has 0 saturated carbocycles. The zero-order valence-electron chi connectivity index (χ0n) is 13.1. The van der Waals surface area contributed by atoms with Gasteiger partial charge in [0.1, 0.15) is 5.75 Å². The molecule has 0 aromatic heterocycles.